The molecule has 0 spiro atoms. The Bertz CT molecular complexity index is 704. The zero-order chi connectivity index (χ0) is 15.2. The molecule has 2 aromatic carbocycles. The van der Waals surface area contributed by atoms with Gasteiger partial charge in [-0.3, -0.25) is 0 Å². The lowest BCUT2D eigenvalue weighted by atomic mass is 10.2. The molecule has 0 aliphatic carbocycles. The van der Waals surface area contributed by atoms with Gasteiger partial charge in [-0.15, -0.1) is 11.6 Å². The van der Waals surface area contributed by atoms with Crippen LogP contribution >= 0.6 is 11.6 Å². The zero-order valence-electron chi connectivity index (χ0n) is 10.8. The third-order valence-electron chi connectivity index (χ3n) is 2.62. The van der Waals surface area contributed by atoms with E-state index >= 15 is 0 Å². The molecule has 0 N–H and O–H groups in total. The highest BCUT2D eigenvalue weighted by Gasteiger charge is 2.05. The normalized spacial score (nSPS) is 9.90. The van der Waals surface area contributed by atoms with Crippen LogP contribution in [0.1, 0.15) is 11.1 Å². The Morgan fingerprint density at radius 2 is 1.76 bits per heavy atom. The van der Waals surface area contributed by atoms with Gasteiger partial charge in [0, 0.05) is 6.07 Å². The largest absolute Gasteiger partial charge is 0.489 e. The van der Waals surface area contributed by atoms with Crippen molar-refractivity contribution in [2.45, 2.75) is 6.61 Å². The molecule has 0 atom stereocenters. The summed E-state index contributed by atoms with van der Waals surface area (Å²) in [6.45, 7) is 0.00332. The molecule has 0 radical (unpaired) electrons. The van der Waals surface area contributed by atoms with Crippen LogP contribution < -0.4 is 4.74 Å². The molecule has 0 bridgehead atoms. The molecule has 1 nitrogen and oxygen atoms in total. The van der Waals surface area contributed by atoms with Crippen LogP contribution in [0.25, 0.3) is 0 Å². The number of benzene rings is 2. The number of rotatable bonds is 3. The van der Waals surface area contributed by atoms with E-state index in [-0.39, 0.29) is 23.8 Å². The molecule has 108 valence electrons. The maximum atomic E-state index is 13.7. The predicted molar refractivity (Wildman–Crippen MR) is 74.7 cm³/mol. The number of alkyl halides is 1. The molecule has 0 amide bonds. The average molecular weight is 311 g/mol. The number of hydrogen-bond acceptors (Lipinski definition) is 1. The molecule has 0 saturated heterocycles. The zero-order valence-corrected chi connectivity index (χ0v) is 11.6. The summed E-state index contributed by atoms with van der Waals surface area (Å²) in [4.78, 5) is 0. The van der Waals surface area contributed by atoms with Gasteiger partial charge in [0.1, 0.15) is 18.2 Å². The molecule has 0 heterocycles. The van der Waals surface area contributed by atoms with E-state index in [0.717, 1.165) is 12.1 Å². The molecule has 21 heavy (non-hydrogen) atoms. The van der Waals surface area contributed by atoms with Gasteiger partial charge in [0.25, 0.3) is 0 Å². The summed E-state index contributed by atoms with van der Waals surface area (Å²) in [5.74, 6) is 3.11. The first kappa shape index (κ1) is 15.3. The molecule has 0 aliphatic heterocycles. The predicted octanol–water partition coefficient (Wildman–Crippen LogP) is 4.27. The Balaban J connectivity index is 2.06. The molecule has 2 aromatic rings. The van der Waals surface area contributed by atoms with Crippen LogP contribution in [0.2, 0.25) is 0 Å². The highest BCUT2D eigenvalue weighted by Crippen LogP contribution is 2.18. The van der Waals surface area contributed by atoms with E-state index in [1.165, 1.54) is 18.2 Å². The molecule has 0 aromatic heterocycles. The maximum absolute atomic E-state index is 13.7. The SMILES string of the molecule is Fc1ccc(COc2ccc(C#CCCl)c(F)c2)cc1F. The molecular weight excluding hydrogens is 301 g/mol. The van der Waals surface area contributed by atoms with Crippen LogP contribution in [0.4, 0.5) is 13.2 Å². The quantitative estimate of drug-likeness (QED) is 0.607. The molecule has 0 aliphatic rings. The summed E-state index contributed by atoms with van der Waals surface area (Å²) in [7, 11) is 0. The van der Waals surface area contributed by atoms with Crippen LogP contribution in [0, 0.1) is 29.3 Å². The highest BCUT2D eigenvalue weighted by molar-refractivity contribution is 6.19. The van der Waals surface area contributed by atoms with Gasteiger partial charge in [-0.25, -0.2) is 13.2 Å². The molecule has 0 unspecified atom stereocenters. The third kappa shape index (κ3) is 4.17. The smallest absolute Gasteiger partial charge is 0.159 e. The van der Waals surface area contributed by atoms with E-state index in [2.05, 4.69) is 11.8 Å². The second-order valence-corrected chi connectivity index (χ2v) is 4.38. The van der Waals surface area contributed by atoms with Crippen molar-refractivity contribution in [1.82, 2.24) is 0 Å². The minimum absolute atomic E-state index is 0.00332. The van der Waals surface area contributed by atoms with Crippen molar-refractivity contribution in [3.8, 4) is 17.6 Å². The van der Waals surface area contributed by atoms with E-state index in [4.69, 9.17) is 16.3 Å². The van der Waals surface area contributed by atoms with Crippen molar-refractivity contribution in [1.29, 1.82) is 0 Å². The van der Waals surface area contributed by atoms with Gasteiger partial charge in [-0.05, 0) is 29.8 Å². The van der Waals surface area contributed by atoms with Crippen LogP contribution in [0.15, 0.2) is 36.4 Å². The summed E-state index contributed by atoms with van der Waals surface area (Å²) >= 11 is 5.40. The lowest BCUT2D eigenvalue weighted by Crippen LogP contribution is -1.98. The second-order valence-electron chi connectivity index (χ2n) is 4.11. The lowest BCUT2D eigenvalue weighted by Gasteiger charge is -2.07. The number of hydrogen-bond donors (Lipinski definition) is 0. The number of ether oxygens (including phenoxy) is 1. The van der Waals surface area contributed by atoms with Crippen molar-refractivity contribution in [3.05, 3.63) is 65.0 Å². The Kier molecular flexibility index (Phi) is 5.13. The second kappa shape index (κ2) is 7.05. The summed E-state index contributed by atoms with van der Waals surface area (Å²) in [6.07, 6.45) is 0. The Hall–Kier alpha value is -2.12. The standard InChI is InChI=1S/C16H10ClF3O/c17-7-1-2-12-4-5-13(9-15(12)19)21-10-11-3-6-14(18)16(20)8-11/h3-6,8-9H,7,10H2. The van der Waals surface area contributed by atoms with Gasteiger partial charge < -0.3 is 4.74 Å². The summed E-state index contributed by atoms with van der Waals surface area (Å²) < 4.78 is 44.8. The Labute approximate surface area is 125 Å². The Morgan fingerprint density at radius 1 is 0.952 bits per heavy atom. The molecular formula is C16H10ClF3O. The molecule has 0 saturated carbocycles. The van der Waals surface area contributed by atoms with Crippen molar-refractivity contribution in [3.63, 3.8) is 0 Å². The maximum Gasteiger partial charge on any atom is 0.159 e. The van der Waals surface area contributed by atoms with Crippen molar-refractivity contribution in [2.75, 3.05) is 5.88 Å². The first-order chi connectivity index (χ1) is 10.1. The van der Waals surface area contributed by atoms with Gasteiger partial charge in [-0.2, -0.15) is 0 Å². The monoisotopic (exact) mass is 310 g/mol. The molecule has 0 fully saturated rings. The minimum atomic E-state index is -0.950. The van der Waals surface area contributed by atoms with E-state index in [9.17, 15) is 13.2 Å². The average Bonchev–Trinajstić information content (AvgIpc) is 2.47. The van der Waals surface area contributed by atoms with Crippen molar-refractivity contribution >= 4 is 11.6 Å². The topological polar surface area (TPSA) is 9.23 Å². The first-order valence-corrected chi connectivity index (χ1v) is 6.54. The molecule has 5 heteroatoms. The summed E-state index contributed by atoms with van der Waals surface area (Å²) in [5.41, 5.74) is 0.663. The van der Waals surface area contributed by atoms with Gasteiger partial charge in [-0.1, -0.05) is 17.9 Å². The fraction of sp³-hybridized carbons (Fsp3) is 0.125. The highest BCUT2D eigenvalue weighted by atomic mass is 35.5. The van der Waals surface area contributed by atoms with Gasteiger partial charge in [0.05, 0.1) is 11.4 Å². The van der Waals surface area contributed by atoms with E-state index < -0.39 is 17.5 Å². The third-order valence-corrected chi connectivity index (χ3v) is 2.75. The number of halogens is 4. The first-order valence-electron chi connectivity index (χ1n) is 6.01. The van der Waals surface area contributed by atoms with Crippen LogP contribution in [-0.4, -0.2) is 5.88 Å². The minimum Gasteiger partial charge on any atom is -0.489 e. The van der Waals surface area contributed by atoms with Gasteiger partial charge in [0.15, 0.2) is 11.6 Å². The molecule has 2 rings (SSSR count). The fourth-order valence-corrected chi connectivity index (χ4v) is 1.68. The van der Waals surface area contributed by atoms with Crippen LogP contribution in [0.3, 0.4) is 0 Å². The van der Waals surface area contributed by atoms with Crippen LogP contribution in [0.5, 0.6) is 5.75 Å². The summed E-state index contributed by atoms with van der Waals surface area (Å²) in [5, 5.41) is 0. The summed E-state index contributed by atoms with van der Waals surface area (Å²) in [6, 6.07) is 7.63. The van der Waals surface area contributed by atoms with Crippen molar-refractivity contribution < 1.29 is 17.9 Å². The van der Waals surface area contributed by atoms with Crippen molar-refractivity contribution in [2.24, 2.45) is 0 Å². The van der Waals surface area contributed by atoms with Crippen LogP contribution in [-0.2, 0) is 6.61 Å². The van der Waals surface area contributed by atoms with E-state index in [1.807, 2.05) is 0 Å². The fourth-order valence-electron chi connectivity index (χ4n) is 1.61. The van der Waals surface area contributed by atoms with E-state index in [1.54, 1.807) is 6.07 Å². The van der Waals surface area contributed by atoms with E-state index in [0.29, 0.717) is 5.56 Å². The van der Waals surface area contributed by atoms with Gasteiger partial charge >= 0.3 is 0 Å². The van der Waals surface area contributed by atoms with Gasteiger partial charge in [0.2, 0.25) is 0 Å². The lowest BCUT2D eigenvalue weighted by molar-refractivity contribution is 0.303. The Morgan fingerprint density at radius 3 is 2.43 bits per heavy atom.